The molecule has 1 fully saturated rings. The molecule has 1 aliphatic rings. The van der Waals surface area contributed by atoms with E-state index in [2.05, 4.69) is 32.7 Å². The van der Waals surface area contributed by atoms with E-state index in [0.29, 0.717) is 6.42 Å². The van der Waals surface area contributed by atoms with Crippen LogP contribution in [0.5, 0.6) is 0 Å². The molecule has 5 nitrogen and oxygen atoms in total. The van der Waals surface area contributed by atoms with Crippen LogP contribution >= 0.6 is 11.6 Å². The van der Waals surface area contributed by atoms with E-state index in [1.807, 2.05) is 43.3 Å². The molecule has 1 unspecified atom stereocenters. The van der Waals surface area contributed by atoms with E-state index in [9.17, 15) is 9.90 Å². The first-order chi connectivity index (χ1) is 15.6. The zero-order valence-corrected chi connectivity index (χ0v) is 19.5. The fraction of sp³-hybridized carbons (Fsp3) is 0.423. The number of fused-ring (bicyclic) bond motifs is 1. The predicted molar refractivity (Wildman–Crippen MR) is 132 cm³/mol. The Kier molecular flexibility index (Phi) is 7.38. The predicted octanol–water partition coefficient (Wildman–Crippen LogP) is 5.48. The lowest BCUT2D eigenvalue weighted by Crippen LogP contribution is -2.46. The lowest BCUT2D eigenvalue weighted by Gasteiger charge is -2.36. The van der Waals surface area contributed by atoms with Crippen LogP contribution in [0.25, 0.3) is 10.9 Å². The molecule has 32 heavy (non-hydrogen) atoms. The van der Waals surface area contributed by atoms with E-state index in [1.54, 1.807) is 0 Å². The van der Waals surface area contributed by atoms with Crippen LogP contribution in [0.15, 0.2) is 54.7 Å². The number of nitrogens with zero attached hydrogens (tertiary/aromatic N) is 3. The highest BCUT2D eigenvalue weighted by molar-refractivity contribution is 6.33. The lowest BCUT2D eigenvalue weighted by atomic mass is 9.96. The Balaban J connectivity index is 1.30. The summed E-state index contributed by atoms with van der Waals surface area (Å²) in [6, 6.07) is 16.2. The highest BCUT2D eigenvalue weighted by Crippen LogP contribution is 2.30. The van der Waals surface area contributed by atoms with Gasteiger partial charge in [0, 0.05) is 49.8 Å². The zero-order valence-electron chi connectivity index (χ0n) is 18.7. The van der Waals surface area contributed by atoms with Gasteiger partial charge in [-0.25, -0.2) is 0 Å². The maximum atomic E-state index is 11.7. The van der Waals surface area contributed by atoms with Gasteiger partial charge in [-0.05, 0) is 49.6 Å². The molecule has 3 aromatic rings. The molecule has 2 heterocycles. The molecule has 0 aliphatic carbocycles. The minimum atomic E-state index is -0.744. The van der Waals surface area contributed by atoms with Crippen molar-refractivity contribution in [3.63, 3.8) is 0 Å². The van der Waals surface area contributed by atoms with E-state index in [1.165, 1.54) is 0 Å². The fourth-order valence-electron chi connectivity index (χ4n) is 4.80. The molecule has 1 N–H and O–H groups in total. The van der Waals surface area contributed by atoms with Crippen molar-refractivity contribution < 1.29 is 9.90 Å². The summed E-state index contributed by atoms with van der Waals surface area (Å²) in [7, 11) is 0. The van der Waals surface area contributed by atoms with E-state index >= 15 is 0 Å². The van der Waals surface area contributed by atoms with Crippen LogP contribution < -0.4 is 4.90 Å². The minimum absolute atomic E-state index is 0.449. The van der Waals surface area contributed by atoms with Gasteiger partial charge in [0.05, 0.1) is 16.6 Å². The maximum absolute atomic E-state index is 11.7. The van der Waals surface area contributed by atoms with Gasteiger partial charge in [0.1, 0.15) is 0 Å². The number of carboxylic acids is 1. The van der Waals surface area contributed by atoms with Crippen LogP contribution in [0.4, 0.5) is 5.69 Å². The van der Waals surface area contributed by atoms with Gasteiger partial charge < -0.3 is 14.6 Å². The van der Waals surface area contributed by atoms with Crippen LogP contribution in [0, 0.1) is 0 Å². The van der Waals surface area contributed by atoms with Gasteiger partial charge in [-0.15, -0.1) is 0 Å². The first-order valence-corrected chi connectivity index (χ1v) is 12.0. The second kappa shape index (κ2) is 10.4. The highest BCUT2D eigenvalue weighted by atomic mass is 35.5. The van der Waals surface area contributed by atoms with Crippen LogP contribution in [0.3, 0.4) is 0 Å². The summed E-state index contributed by atoms with van der Waals surface area (Å²) in [5, 5.41) is 11.5. The minimum Gasteiger partial charge on any atom is -0.481 e. The Bertz CT molecular complexity index is 1060. The van der Waals surface area contributed by atoms with E-state index in [0.717, 1.165) is 79.3 Å². The molecule has 4 rings (SSSR count). The number of para-hydroxylation sites is 2. The zero-order chi connectivity index (χ0) is 22.5. The van der Waals surface area contributed by atoms with Crippen molar-refractivity contribution >= 4 is 34.2 Å². The number of anilines is 1. The number of hydrogen-bond acceptors (Lipinski definition) is 3. The summed E-state index contributed by atoms with van der Waals surface area (Å²) in [6.45, 7) is 8.06. The van der Waals surface area contributed by atoms with Crippen molar-refractivity contribution in [1.29, 1.82) is 0 Å². The van der Waals surface area contributed by atoms with Crippen LogP contribution in [-0.2, 0) is 11.3 Å². The SMILES string of the molecule is CCC(C(=O)O)c1cn(CCCCN2CCN(c3ccccc3Cl)CC2)c2ccccc12. The third-order valence-electron chi connectivity index (χ3n) is 6.59. The molecule has 0 spiro atoms. The molecule has 1 saturated heterocycles. The fourth-order valence-corrected chi connectivity index (χ4v) is 5.06. The molecule has 0 radical (unpaired) electrons. The van der Waals surface area contributed by atoms with Crippen molar-refractivity contribution in [2.45, 2.75) is 38.6 Å². The number of aromatic nitrogens is 1. The van der Waals surface area contributed by atoms with Gasteiger partial charge in [0.15, 0.2) is 0 Å². The number of unbranched alkanes of at least 4 members (excludes halogenated alkanes) is 1. The van der Waals surface area contributed by atoms with Crippen molar-refractivity contribution in [2.75, 3.05) is 37.6 Å². The van der Waals surface area contributed by atoms with Crippen LogP contribution in [-0.4, -0.2) is 53.3 Å². The van der Waals surface area contributed by atoms with Crippen molar-refractivity contribution in [3.05, 3.63) is 65.3 Å². The third kappa shape index (κ3) is 4.94. The summed E-state index contributed by atoms with van der Waals surface area (Å²) in [5.74, 6) is -1.19. The molecule has 0 bridgehead atoms. The number of halogens is 1. The van der Waals surface area contributed by atoms with Crippen molar-refractivity contribution in [1.82, 2.24) is 9.47 Å². The summed E-state index contributed by atoms with van der Waals surface area (Å²) >= 11 is 6.35. The number of piperazine rings is 1. The smallest absolute Gasteiger partial charge is 0.311 e. The summed E-state index contributed by atoms with van der Waals surface area (Å²) in [5.41, 5.74) is 3.21. The number of carboxylic acid groups (broad SMARTS) is 1. The van der Waals surface area contributed by atoms with E-state index < -0.39 is 11.9 Å². The summed E-state index contributed by atoms with van der Waals surface area (Å²) in [4.78, 5) is 16.6. The molecule has 170 valence electrons. The molecule has 6 heteroatoms. The normalized spacial score (nSPS) is 15.9. The summed E-state index contributed by atoms with van der Waals surface area (Å²) < 4.78 is 2.24. The molecule has 1 atom stereocenters. The second-order valence-electron chi connectivity index (χ2n) is 8.58. The molecular weight excluding hydrogens is 422 g/mol. The van der Waals surface area contributed by atoms with Gasteiger partial charge >= 0.3 is 5.97 Å². The number of rotatable bonds is 9. The average molecular weight is 454 g/mol. The summed E-state index contributed by atoms with van der Waals surface area (Å²) in [6.07, 6.45) is 4.87. The van der Waals surface area contributed by atoms with E-state index in [-0.39, 0.29) is 0 Å². The number of benzene rings is 2. The quantitative estimate of drug-likeness (QED) is 0.436. The Labute approximate surface area is 195 Å². The molecule has 2 aromatic carbocycles. The number of aryl methyl sites for hydroxylation is 1. The highest BCUT2D eigenvalue weighted by Gasteiger charge is 2.22. The van der Waals surface area contributed by atoms with Crippen molar-refractivity contribution in [3.8, 4) is 0 Å². The third-order valence-corrected chi connectivity index (χ3v) is 6.91. The van der Waals surface area contributed by atoms with Crippen molar-refractivity contribution in [2.24, 2.45) is 0 Å². The molecule has 1 aromatic heterocycles. The maximum Gasteiger partial charge on any atom is 0.311 e. The Morgan fingerprint density at radius 1 is 1.00 bits per heavy atom. The Hall–Kier alpha value is -2.50. The average Bonchev–Trinajstić information content (AvgIpc) is 3.16. The van der Waals surface area contributed by atoms with Gasteiger partial charge in [0.25, 0.3) is 0 Å². The number of aliphatic carboxylic acids is 1. The second-order valence-corrected chi connectivity index (χ2v) is 8.99. The molecule has 0 amide bonds. The largest absolute Gasteiger partial charge is 0.481 e. The standard InChI is InChI=1S/C26H32ClN3O2/c1-2-20(26(31)32)22-19-30(24-11-5-3-9-21(22)24)14-8-7-13-28-15-17-29(18-16-28)25-12-6-4-10-23(25)27/h3-6,9-12,19-20H,2,7-8,13-18H2,1H3,(H,31,32). The molecular formula is C26H32ClN3O2. The van der Waals surface area contributed by atoms with Gasteiger partial charge in [-0.1, -0.05) is 48.9 Å². The monoisotopic (exact) mass is 453 g/mol. The molecule has 0 saturated carbocycles. The van der Waals surface area contributed by atoms with Gasteiger partial charge in [-0.3, -0.25) is 9.69 Å². The van der Waals surface area contributed by atoms with Crippen LogP contribution in [0.1, 0.15) is 37.7 Å². The number of carbonyl (C=O) groups is 1. The first-order valence-electron chi connectivity index (χ1n) is 11.6. The molecule has 1 aliphatic heterocycles. The first kappa shape index (κ1) is 22.7. The Morgan fingerprint density at radius 3 is 2.41 bits per heavy atom. The van der Waals surface area contributed by atoms with Gasteiger partial charge in [0.2, 0.25) is 0 Å². The van der Waals surface area contributed by atoms with Gasteiger partial charge in [-0.2, -0.15) is 0 Å². The van der Waals surface area contributed by atoms with Crippen LogP contribution in [0.2, 0.25) is 5.02 Å². The topological polar surface area (TPSA) is 48.7 Å². The van der Waals surface area contributed by atoms with E-state index in [4.69, 9.17) is 11.6 Å². The Morgan fingerprint density at radius 2 is 1.69 bits per heavy atom. The number of hydrogen-bond donors (Lipinski definition) is 1. The lowest BCUT2D eigenvalue weighted by molar-refractivity contribution is -0.138.